The molecule has 2 N–H and O–H groups in total. The number of carbonyl (C=O) groups excluding carboxylic acids is 2. The molecule has 4 aromatic rings. The van der Waals surface area contributed by atoms with Crippen LogP contribution in [0.25, 0.3) is 21.5 Å². The molecule has 2 amide bonds. The van der Waals surface area contributed by atoms with Gasteiger partial charge in [-0.2, -0.15) is 0 Å². The van der Waals surface area contributed by atoms with Crippen molar-refractivity contribution >= 4 is 39.9 Å². The van der Waals surface area contributed by atoms with Gasteiger partial charge in [0, 0.05) is 51.3 Å². The molecule has 0 radical (unpaired) electrons. The summed E-state index contributed by atoms with van der Waals surface area (Å²) in [5, 5.41) is 6.90. The molecule has 1 unspecified atom stereocenters. The number of amides is 2. The summed E-state index contributed by atoms with van der Waals surface area (Å²) in [5.41, 5.74) is 3.24. The number of thiophene rings is 1. The highest BCUT2D eigenvalue weighted by molar-refractivity contribution is 7.17. The molecule has 1 atom stereocenters. The van der Waals surface area contributed by atoms with E-state index in [-0.39, 0.29) is 17.7 Å². The Balaban J connectivity index is 1.52. The maximum Gasteiger partial charge on any atom is 0.263 e. The molecular formula is C25H26N6O2S. The first-order chi connectivity index (χ1) is 16.4. The largest absolute Gasteiger partial charge is 0.369 e. The molecule has 0 bridgehead atoms. The molecule has 0 aliphatic rings. The number of rotatable bonds is 7. The highest BCUT2D eigenvalue weighted by atomic mass is 32.1. The molecule has 0 spiro atoms. The molecule has 0 saturated carbocycles. The van der Waals surface area contributed by atoms with E-state index in [1.54, 1.807) is 38.3 Å². The van der Waals surface area contributed by atoms with E-state index in [1.165, 1.54) is 17.7 Å². The van der Waals surface area contributed by atoms with Crippen LogP contribution in [0.3, 0.4) is 0 Å². The van der Waals surface area contributed by atoms with Gasteiger partial charge in [-0.1, -0.05) is 25.1 Å². The van der Waals surface area contributed by atoms with Crippen LogP contribution in [0.15, 0.2) is 55.0 Å². The van der Waals surface area contributed by atoms with Gasteiger partial charge in [0.05, 0.1) is 26.5 Å². The van der Waals surface area contributed by atoms with Gasteiger partial charge in [0.1, 0.15) is 12.1 Å². The van der Waals surface area contributed by atoms with Gasteiger partial charge in [-0.15, -0.1) is 11.3 Å². The van der Waals surface area contributed by atoms with Gasteiger partial charge in [-0.3, -0.25) is 14.6 Å². The van der Waals surface area contributed by atoms with Crippen molar-refractivity contribution in [3.63, 3.8) is 0 Å². The van der Waals surface area contributed by atoms with Crippen LogP contribution in [-0.4, -0.2) is 59.4 Å². The minimum absolute atomic E-state index is 0.0271. The van der Waals surface area contributed by atoms with Crippen molar-refractivity contribution in [2.24, 2.45) is 0 Å². The molecule has 174 valence electrons. The summed E-state index contributed by atoms with van der Waals surface area (Å²) in [6.07, 6.45) is 3.19. The van der Waals surface area contributed by atoms with Crippen molar-refractivity contribution in [1.29, 1.82) is 0 Å². The molecule has 0 aliphatic carbocycles. The topological polar surface area (TPSA) is 100 Å². The molecule has 4 rings (SSSR count). The van der Waals surface area contributed by atoms with Gasteiger partial charge >= 0.3 is 0 Å². The Bertz CT molecular complexity index is 1350. The van der Waals surface area contributed by atoms with Crippen molar-refractivity contribution in [2.75, 3.05) is 33.0 Å². The molecular weight excluding hydrogens is 448 g/mol. The van der Waals surface area contributed by atoms with Gasteiger partial charge in [0.2, 0.25) is 0 Å². The van der Waals surface area contributed by atoms with E-state index >= 15 is 0 Å². The van der Waals surface area contributed by atoms with Gasteiger partial charge in [0.25, 0.3) is 11.8 Å². The third-order valence-electron chi connectivity index (χ3n) is 5.54. The van der Waals surface area contributed by atoms with Crippen LogP contribution in [0.2, 0.25) is 0 Å². The van der Waals surface area contributed by atoms with E-state index in [0.717, 1.165) is 27.0 Å². The van der Waals surface area contributed by atoms with Gasteiger partial charge < -0.3 is 15.5 Å². The zero-order valence-corrected chi connectivity index (χ0v) is 20.3. The maximum absolute atomic E-state index is 12.3. The second-order valence-electron chi connectivity index (χ2n) is 8.11. The Labute approximate surface area is 202 Å². The Kier molecular flexibility index (Phi) is 6.83. The third kappa shape index (κ3) is 4.74. The lowest BCUT2D eigenvalue weighted by molar-refractivity contribution is 0.0832. The normalized spacial score (nSPS) is 11.8. The SMILES string of the molecule is CNC(=O)c1ccnc2c(C(C)CNc3cc(-c4ccc(C(=O)N(C)C)s4)ncn3)cccc12. The standard InChI is InChI=1S/C25H26N6O2S/c1-15(16-6-5-7-17-18(24(32)26-2)10-11-27-23(16)17)13-28-22-12-19(29-14-30-22)20-8-9-21(34-20)25(33)31(3)4/h5-12,14-15H,13H2,1-4H3,(H,26,32)(H,28,29,30). The number of aromatic nitrogens is 3. The van der Waals surface area contributed by atoms with E-state index in [9.17, 15) is 9.59 Å². The highest BCUT2D eigenvalue weighted by Gasteiger charge is 2.16. The number of nitrogens with one attached hydrogen (secondary N) is 2. The quantitative estimate of drug-likeness (QED) is 0.420. The monoisotopic (exact) mass is 474 g/mol. The van der Waals surface area contributed by atoms with E-state index in [4.69, 9.17) is 0 Å². The fourth-order valence-corrected chi connectivity index (χ4v) is 4.69. The van der Waals surface area contributed by atoms with E-state index in [0.29, 0.717) is 22.8 Å². The molecule has 0 aliphatic heterocycles. The number of fused-ring (bicyclic) bond motifs is 1. The first-order valence-electron chi connectivity index (χ1n) is 10.9. The number of para-hydroxylation sites is 1. The highest BCUT2D eigenvalue weighted by Crippen LogP contribution is 2.29. The molecule has 8 nitrogen and oxygen atoms in total. The Hall–Kier alpha value is -3.85. The van der Waals surface area contributed by atoms with Crippen LogP contribution >= 0.6 is 11.3 Å². The zero-order chi connectivity index (χ0) is 24.2. The van der Waals surface area contributed by atoms with Crippen molar-refractivity contribution in [2.45, 2.75) is 12.8 Å². The molecule has 1 aromatic carbocycles. The van der Waals surface area contributed by atoms with Crippen molar-refractivity contribution < 1.29 is 9.59 Å². The van der Waals surface area contributed by atoms with E-state index in [2.05, 4.69) is 32.5 Å². The van der Waals surface area contributed by atoms with Crippen LogP contribution in [0.1, 0.15) is 38.4 Å². The maximum atomic E-state index is 12.3. The average molecular weight is 475 g/mol. The van der Waals surface area contributed by atoms with Crippen LogP contribution in [0.4, 0.5) is 5.82 Å². The minimum Gasteiger partial charge on any atom is -0.369 e. The second kappa shape index (κ2) is 9.96. The number of nitrogens with zero attached hydrogens (tertiary/aromatic N) is 4. The summed E-state index contributed by atoms with van der Waals surface area (Å²) in [5.74, 6) is 0.652. The fourth-order valence-electron chi connectivity index (χ4n) is 3.70. The lowest BCUT2D eigenvalue weighted by Crippen LogP contribution is -2.20. The van der Waals surface area contributed by atoms with Crippen molar-refractivity contribution in [3.8, 4) is 10.6 Å². The molecule has 0 saturated heterocycles. The summed E-state index contributed by atoms with van der Waals surface area (Å²) < 4.78 is 0. The number of anilines is 1. The smallest absolute Gasteiger partial charge is 0.263 e. The van der Waals surface area contributed by atoms with Crippen molar-refractivity contribution in [1.82, 2.24) is 25.2 Å². The predicted octanol–water partition coefficient (Wildman–Crippen LogP) is 4.03. The van der Waals surface area contributed by atoms with Crippen LogP contribution in [0, 0.1) is 0 Å². The third-order valence-corrected chi connectivity index (χ3v) is 6.63. The summed E-state index contributed by atoms with van der Waals surface area (Å²) in [6, 6.07) is 13.3. The fraction of sp³-hybridized carbons (Fsp3) is 0.240. The van der Waals surface area contributed by atoms with Crippen LogP contribution in [-0.2, 0) is 0 Å². The zero-order valence-electron chi connectivity index (χ0n) is 19.5. The first-order valence-corrected chi connectivity index (χ1v) is 11.7. The average Bonchev–Trinajstić information content (AvgIpc) is 3.36. The minimum atomic E-state index is -0.132. The van der Waals surface area contributed by atoms with Crippen LogP contribution in [0.5, 0.6) is 0 Å². The molecule has 3 aromatic heterocycles. The van der Waals surface area contributed by atoms with Gasteiger partial charge in [-0.25, -0.2) is 9.97 Å². The number of carbonyl (C=O) groups is 2. The number of benzene rings is 1. The lowest BCUT2D eigenvalue weighted by Gasteiger charge is -2.16. The van der Waals surface area contributed by atoms with Crippen LogP contribution < -0.4 is 10.6 Å². The summed E-state index contributed by atoms with van der Waals surface area (Å²) in [6.45, 7) is 2.73. The molecule has 3 heterocycles. The summed E-state index contributed by atoms with van der Waals surface area (Å²) in [4.78, 5) is 40.9. The van der Waals surface area contributed by atoms with Crippen molar-refractivity contribution in [3.05, 3.63) is 71.0 Å². The Morgan fingerprint density at radius 2 is 1.91 bits per heavy atom. The predicted molar refractivity (Wildman–Crippen MR) is 135 cm³/mol. The van der Waals surface area contributed by atoms with E-state index in [1.807, 2.05) is 36.4 Å². The number of hydrogen-bond donors (Lipinski definition) is 2. The number of pyridine rings is 1. The molecule has 0 fully saturated rings. The van der Waals surface area contributed by atoms with E-state index < -0.39 is 0 Å². The Morgan fingerprint density at radius 1 is 1.09 bits per heavy atom. The van der Waals surface area contributed by atoms with Gasteiger partial charge in [-0.05, 0) is 23.8 Å². The lowest BCUT2D eigenvalue weighted by atomic mass is 9.96. The molecule has 34 heavy (non-hydrogen) atoms. The van der Waals surface area contributed by atoms with Gasteiger partial charge in [0.15, 0.2) is 0 Å². The first kappa shape index (κ1) is 23.3. The summed E-state index contributed by atoms with van der Waals surface area (Å²) >= 11 is 1.41. The number of hydrogen-bond acceptors (Lipinski definition) is 7. The summed E-state index contributed by atoms with van der Waals surface area (Å²) in [7, 11) is 5.10. The second-order valence-corrected chi connectivity index (χ2v) is 9.20. The molecule has 9 heteroatoms. The Morgan fingerprint density at radius 3 is 2.68 bits per heavy atom.